The number of nitrogens with zero attached hydrogens (tertiary/aromatic N) is 1. The Labute approximate surface area is 97.6 Å². The summed E-state index contributed by atoms with van der Waals surface area (Å²) >= 11 is 0. The van der Waals surface area contributed by atoms with Gasteiger partial charge >= 0.3 is 5.97 Å². The van der Waals surface area contributed by atoms with Gasteiger partial charge in [-0.1, -0.05) is 0 Å². The average Bonchev–Trinajstić information content (AvgIpc) is 2.54. The van der Waals surface area contributed by atoms with Crippen LogP contribution in [-0.4, -0.2) is 47.3 Å². The maximum atomic E-state index is 10.3. The molecule has 4 heteroatoms. The Balaban J connectivity index is 2.28. The molecule has 2 atom stereocenters. The van der Waals surface area contributed by atoms with Crippen LogP contribution in [0.3, 0.4) is 0 Å². The zero-order valence-corrected chi connectivity index (χ0v) is 10.5. The fraction of sp³-hybridized carbons (Fsp3) is 0.917. The van der Waals surface area contributed by atoms with Crippen LogP contribution in [0.25, 0.3) is 0 Å². The normalized spacial score (nSPS) is 26.5. The van der Waals surface area contributed by atoms with Crippen molar-refractivity contribution in [2.75, 3.05) is 13.2 Å². The second kappa shape index (κ2) is 6.21. The summed E-state index contributed by atoms with van der Waals surface area (Å²) in [5.74, 6) is -0.791. The van der Waals surface area contributed by atoms with E-state index in [4.69, 9.17) is 9.84 Å². The van der Waals surface area contributed by atoms with E-state index in [1.807, 2.05) is 0 Å². The Morgan fingerprint density at radius 2 is 2.19 bits per heavy atom. The molecule has 0 aromatic carbocycles. The highest BCUT2D eigenvalue weighted by atomic mass is 16.5. The molecule has 0 aliphatic carbocycles. The number of ether oxygens (including phenoxy) is 1. The van der Waals surface area contributed by atoms with E-state index in [0.29, 0.717) is 31.3 Å². The van der Waals surface area contributed by atoms with Crippen molar-refractivity contribution >= 4 is 5.97 Å². The minimum Gasteiger partial charge on any atom is -0.481 e. The Kier molecular flexibility index (Phi) is 5.22. The van der Waals surface area contributed by atoms with E-state index in [1.165, 1.54) is 6.42 Å². The summed E-state index contributed by atoms with van der Waals surface area (Å²) in [6, 6.07) is 1.61. The SMILES string of the molecule is CC(C)N1[C@H](COCCC(=O)O)CC[C@@H]1C. The third-order valence-electron chi connectivity index (χ3n) is 3.22. The number of carboxylic acid groups (broad SMARTS) is 1. The molecule has 0 amide bonds. The molecule has 1 N–H and O–H groups in total. The lowest BCUT2D eigenvalue weighted by Crippen LogP contribution is -2.42. The van der Waals surface area contributed by atoms with Gasteiger partial charge in [-0.2, -0.15) is 0 Å². The van der Waals surface area contributed by atoms with Crippen molar-refractivity contribution in [3.8, 4) is 0 Å². The van der Waals surface area contributed by atoms with Crippen LogP contribution < -0.4 is 0 Å². The molecule has 0 spiro atoms. The fourth-order valence-electron chi connectivity index (χ4n) is 2.57. The van der Waals surface area contributed by atoms with Crippen molar-refractivity contribution in [3.63, 3.8) is 0 Å². The van der Waals surface area contributed by atoms with Crippen molar-refractivity contribution in [2.24, 2.45) is 0 Å². The molecule has 0 saturated carbocycles. The van der Waals surface area contributed by atoms with E-state index in [9.17, 15) is 4.79 Å². The number of rotatable bonds is 6. The van der Waals surface area contributed by atoms with Crippen LogP contribution in [0.5, 0.6) is 0 Å². The predicted molar refractivity (Wildman–Crippen MR) is 62.5 cm³/mol. The molecule has 94 valence electrons. The van der Waals surface area contributed by atoms with E-state index < -0.39 is 5.97 Å². The van der Waals surface area contributed by atoms with Crippen LogP contribution in [0, 0.1) is 0 Å². The largest absolute Gasteiger partial charge is 0.481 e. The summed E-state index contributed by atoms with van der Waals surface area (Å²) in [5, 5.41) is 8.50. The molecule has 1 saturated heterocycles. The Bertz CT molecular complexity index is 230. The molecule has 0 radical (unpaired) electrons. The maximum Gasteiger partial charge on any atom is 0.305 e. The summed E-state index contributed by atoms with van der Waals surface area (Å²) in [6.45, 7) is 7.64. The van der Waals surface area contributed by atoms with Gasteiger partial charge in [0.25, 0.3) is 0 Å². The van der Waals surface area contributed by atoms with Crippen LogP contribution in [0.4, 0.5) is 0 Å². The number of aliphatic carboxylic acids is 1. The van der Waals surface area contributed by atoms with Crippen LogP contribution in [0.15, 0.2) is 0 Å². The molecular weight excluding hydrogens is 206 g/mol. The molecule has 4 nitrogen and oxygen atoms in total. The van der Waals surface area contributed by atoms with E-state index in [0.717, 1.165) is 6.42 Å². The van der Waals surface area contributed by atoms with Gasteiger partial charge in [0.2, 0.25) is 0 Å². The quantitative estimate of drug-likeness (QED) is 0.705. The number of hydrogen-bond donors (Lipinski definition) is 1. The van der Waals surface area contributed by atoms with E-state index >= 15 is 0 Å². The van der Waals surface area contributed by atoms with Gasteiger partial charge < -0.3 is 9.84 Å². The molecule has 0 bridgehead atoms. The molecule has 1 heterocycles. The zero-order chi connectivity index (χ0) is 12.1. The van der Waals surface area contributed by atoms with E-state index in [2.05, 4.69) is 25.7 Å². The molecule has 16 heavy (non-hydrogen) atoms. The monoisotopic (exact) mass is 229 g/mol. The highest BCUT2D eigenvalue weighted by Gasteiger charge is 2.32. The van der Waals surface area contributed by atoms with Gasteiger partial charge in [-0.15, -0.1) is 0 Å². The Morgan fingerprint density at radius 1 is 1.50 bits per heavy atom. The van der Waals surface area contributed by atoms with Crippen molar-refractivity contribution in [2.45, 2.75) is 58.2 Å². The first-order valence-corrected chi connectivity index (χ1v) is 6.09. The zero-order valence-electron chi connectivity index (χ0n) is 10.5. The lowest BCUT2D eigenvalue weighted by molar-refractivity contribution is -0.138. The van der Waals surface area contributed by atoms with Gasteiger partial charge in [-0.05, 0) is 33.6 Å². The second-order valence-electron chi connectivity index (χ2n) is 4.84. The van der Waals surface area contributed by atoms with Crippen molar-refractivity contribution in [3.05, 3.63) is 0 Å². The van der Waals surface area contributed by atoms with Crippen LogP contribution in [0.1, 0.15) is 40.0 Å². The molecule has 1 aliphatic heterocycles. The molecule has 0 aromatic heterocycles. The van der Waals surface area contributed by atoms with Crippen molar-refractivity contribution in [1.29, 1.82) is 0 Å². The van der Waals surface area contributed by atoms with Gasteiger partial charge in [-0.3, -0.25) is 9.69 Å². The minimum absolute atomic E-state index is 0.101. The topological polar surface area (TPSA) is 49.8 Å². The number of carbonyl (C=O) groups is 1. The Morgan fingerprint density at radius 3 is 2.75 bits per heavy atom. The first-order chi connectivity index (χ1) is 7.52. The van der Waals surface area contributed by atoms with E-state index in [1.54, 1.807) is 0 Å². The first kappa shape index (κ1) is 13.5. The number of hydrogen-bond acceptors (Lipinski definition) is 3. The summed E-state index contributed by atoms with van der Waals surface area (Å²) < 4.78 is 5.43. The maximum absolute atomic E-state index is 10.3. The smallest absolute Gasteiger partial charge is 0.305 e. The molecule has 0 aromatic rings. The Hall–Kier alpha value is -0.610. The first-order valence-electron chi connectivity index (χ1n) is 6.09. The number of carboxylic acids is 1. The molecule has 1 fully saturated rings. The van der Waals surface area contributed by atoms with Crippen molar-refractivity contribution in [1.82, 2.24) is 4.90 Å². The summed E-state index contributed by atoms with van der Waals surface area (Å²) in [5.41, 5.74) is 0. The second-order valence-corrected chi connectivity index (χ2v) is 4.84. The third-order valence-corrected chi connectivity index (χ3v) is 3.22. The third kappa shape index (κ3) is 3.76. The molecule has 0 unspecified atom stereocenters. The average molecular weight is 229 g/mol. The van der Waals surface area contributed by atoms with Crippen LogP contribution >= 0.6 is 0 Å². The highest BCUT2D eigenvalue weighted by Crippen LogP contribution is 2.26. The molecule has 1 rings (SSSR count). The minimum atomic E-state index is -0.791. The lowest BCUT2D eigenvalue weighted by Gasteiger charge is -2.32. The van der Waals surface area contributed by atoms with Gasteiger partial charge in [0.15, 0.2) is 0 Å². The van der Waals surface area contributed by atoms with Gasteiger partial charge in [-0.25, -0.2) is 0 Å². The fourth-order valence-corrected chi connectivity index (χ4v) is 2.57. The standard InChI is InChI=1S/C12H23NO3/c1-9(2)13-10(3)4-5-11(13)8-16-7-6-12(14)15/h9-11H,4-8H2,1-3H3,(H,14,15)/t10-,11-/m0/s1. The van der Waals surface area contributed by atoms with Crippen molar-refractivity contribution < 1.29 is 14.6 Å². The predicted octanol–water partition coefficient (Wildman–Crippen LogP) is 1.74. The number of likely N-dealkylation sites (tertiary alicyclic amines) is 1. The summed E-state index contributed by atoms with van der Waals surface area (Å²) in [4.78, 5) is 12.8. The summed E-state index contributed by atoms with van der Waals surface area (Å²) in [6.07, 6.45) is 2.47. The van der Waals surface area contributed by atoms with Crippen LogP contribution in [0.2, 0.25) is 0 Å². The molecule has 1 aliphatic rings. The summed E-state index contributed by atoms with van der Waals surface area (Å²) in [7, 11) is 0. The van der Waals surface area contributed by atoms with Crippen LogP contribution in [-0.2, 0) is 9.53 Å². The van der Waals surface area contributed by atoms with Gasteiger partial charge in [0.05, 0.1) is 19.6 Å². The lowest BCUT2D eigenvalue weighted by atomic mass is 10.2. The van der Waals surface area contributed by atoms with Gasteiger partial charge in [0, 0.05) is 18.1 Å². The molecular formula is C12H23NO3. The van der Waals surface area contributed by atoms with Gasteiger partial charge in [0.1, 0.15) is 0 Å². The van der Waals surface area contributed by atoms with E-state index in [-0.39, 0.29) is 6.42 Å². The highest BCUT2D eigenvalue weighted by molar-refractivity contribution is 5.66.